The highest BCUT2D eigenvalue weighted by Gasteiger charge is 2.31. The van der Waals surface area contributed by atoms with Gasteiger partial charge in [0.2, 0.25) is 0 Å². The van der Waals surface area contributed by atoms with E-state index in [0.717, 1.165) is 89.9 Å². The van der Waals surface area contributed by atoms with Crippen LogP contribution in [0.25, 0.3) is 0 Å². The third-order valence-corrected chi connectivity index (χ3v) is 24.5. The second kappa shape index (κ2) is 88.8. The van der Waals surface area contributed by atoms with Gasteiger partial charge < -0.3 is 33.8 Å². The van der Waals surface area contributed by atoms with Crippen LogP contribution in [0.15, 0.2) is 0 Å². The SMILES string of the molecule is CCCCCCCCCCCCCCCCCCCCCCCC(=O)O[C@H](COC(=O)CCCCCCCCCCCCCCCCCCCCCC)COP(=O)(O)OC[C@@H](O)COP(=O)(O)OC[C@@H](COC(=O)CCCCCCCCCCCCCCC)OC(=O)CCCCCCCCCCCCCCCCCCCCCC. The Balaban J connectivity index is 5.25. The largest absolute Gasteiger partial charge is 0.472 e. The molecule has 0 fully saturated rings. The van der Waals surface area contributed by atoms with Gasteiger partial charge in [-0.05, 0) is 25.7 Å². The van der Waals surface area contributed by atoms with Crippen LogP contribution in [-0.2, 0) is 65.4 Å². The maximum atomic E-state index is 13.2. The van der Waals surface area contributed by atoms with E-state index in [-0.39, 0.29) is 25.7 Å². The van der Waals surface area contributed by atoms with E-state index in [0.29, 0.717) is 25.7 Å². The van der Waals surface area contributed by atoms with Crippen LogP contribution in [0.3, 0.4) is 0 Å². The van der Waals surface area contributed by atoms with Crippen molar-refractivity contribution in [1.82, 2.24) is 0 Å². The minimum atomic E-state index is -4.97. The number of phosphoric acid groups is 2. The van der Waals surface area contributed by atoms with Gasteiger partial charge >= 0.3 is 39.5 Å². The van der Waals surface area contributed by atoms with E-state index in [1.165, 1.54) is 360 Å². The number of unbranched alkanes of at least 4 members (excludes halogenated alkanes) is 70. The lowest BCUT2D eigenvalue weighted by molar-refractivity contribution is -0.161. The van der Waals surface area contributed by atoms with E-state index >= 15 is 0 Å². The number of hydrogen-bond acceptors (Lipinski definition) is 15. The summed E-state index contributed by atoms with van der Waals surface area (Å²) in [6.07, 6.45) is 87.7. The summed E-state index contributed by atoms with van der Waals surface area (Å²) in [4.78, 5) is 73.6. The van der Waals surface area contributed by atoms with Crippen LogP contribution in [0.1, 0.15) is 529 Å². The van der Waals surface area contributed by atoms with Gasteiger partial charge in [-0.15, -0.1) is 0 Å². The van der Waals surface area contributed by atoms with Crippen molar-refractivity contribution in [1.29, 1.82) is 0 Å². The zero-order valence-corrected chi connectivity index (χ0v) is 76.9. The maximum absolute atomic E-state index is 13.2. The number of ether oxygens (including phenoxy) is 4. The summed E-state index contributed by atoms with van der Waals surface area (Å²) in [5, 5.41) is 10.7. The standard InChI is InChI=1S/C95H186O17P2/c1-5-9-13-17-21-25-29-33-36-39-42-45-48-51-54-58-62-66-70-74-78-82-95(100)112-91(86-106-93(98)80-76-72-68-64-60-56-52-49-46-43-40-37-34-30-26-22-18-14-10-6-2)88-110-114(103,104)108-84-89(96)83-107-113(101,102)109-87-90(85-105-92(97)79-75-71-67-63-59-55-32-28-24-20-16-12-8-4)111-94(99)81-77-73-69-65-61-57-53-50-47-44-41-38-35-31-27-23-19-15-11-7-3/h89-91,96H,5-88H2,1-4H3,(H,101,102)(H,103,104)/t89-,90+,91+/m0/s1. The number of esters is 4. The highest BCUT2D eigenvalue weighted by molar-refractivity contribution is 7.47. The van der Waals surface area contributed by atoms with Gasteiger partial charge in [0, 0.05) is 25.7 Å². The first-order valence-electron chi connectivity index (χ1n) is 49.3. The van der Waals surface area contributed by atoms with E-state index in [1.54, 1.807) is 0 Å². The average Bonchev–Trinajstić information content (AvgIpc) is 0.906. The molecule has 0 radical (unpaired) electrons. The molecule has 3 N–H and O–H groups in total. The Bertz CT molecular complexity index is 2140. The molecule has 0 aromatic rings. The molecule has 114 heavy (non-hydrogen) atoms. The van der Waals surface area contributed by atoms with Crippen LogP contribution >= 0.6 is 15.6 Å². The van der Waals surface area contributed by atoms with Gasteiger partial charge in [0.25, 0.3) is 0 Å². The molecule has 0 rings (SSSR count). The monoisotopic (exact) mass is 1660 g/mol. The van der Waals surface area contributed by atoms with Crippen molar-refractivity contribution in [3.63, 3.8) is 0 Å². The molecule has 0 aliphatic carbocycles. The first-order chi connectivity index (χ1) is 55.7. The van der Waals surface area contributed by atoms with Crippen LogP contribution in [0.2, 0.25) is 0 Å². The molecule has 17 nitrogen and oxygen atoms in total. The lowest BCUT2D eigenvalue weighted by Crippen LogP contribution is -2.30. The molecule has 0 bridgehead atoms. The summed E-state index contributed by atoms with van der Waals surface area (Å²) in [6, 6.07) is 0. The van der Waals surface area contributed by atoms with E-state index in [2.05, 4.69) is 27.7 Å². The second-order valence-corrected chi connectivity index (χ2v) is 37.0. The Morgan fingerprint density at radius 2 is 0.351 bits per heavy atom. The number of aliphatic hydroxyl groups is 1. The molecule has 5 atom stereocenters. The highest BCUT2D eigenvalue weighted by atomic mass is 31.2. The second-order valence-electron chi connectivity index (χ2n) is 34.1. The van der Waals surface area contributed by atoms with Gasteiger partial charge in [0.15, 0.2) is 12.2 Å². The van der Waals surface area contributed by atoms with E-state index in [1.807, 2.05) is 0 Å². The normalized spacial score (nSPS) is 13.6. The minimum Gasteiger partial charge on any atom is -0.462 e. The summed E-state index contributed by atoms with van der Waals surface area (Å²) in [7, 11) is -9.94. The van der Waals surface area contributed by atoms with Crippen molar-refractivity contribution >= 4 is 39.5 Å². The number of carbonyl (C=O) groups is 4. The molecule has 0 saturated heterocycles. The van der Waals surface area contributed by atoms with Gasteiger partial charge in [-0.25, -0.2) is 9.13 Å². The van der Waals surface area contributed by atoms with Gasteiger partial charge in [0.1, 0.15) is 19.3 Å². The topological polar surface area (TPSA) is 237 Å². The van der Waals surface area contributed by atoms with Crippen molar-refractivity contribution in [2.45, 2.75) is 547 Å². The maximum Gasteiger partial charge on any atom is 0.472 e. The Kier molecular flexibility index (Phi) is 87.3. The summed E-state index contributed by atoms with van der Waals surface area (Å²) >= 11 is 0. The summed E-state index contributed by atoms with van der Waals surface area (Å²) < 4.78 is 69.2. The number of rotatable bonds is 96. The highest BCUT2D eigenvalue weighted by Crippen LogP contribution is 2.45. The van der Waals surface area contributed by atoms with Gasteiger partial charge in [-0.1, -0.05) is 477 Å². The zero-order valence-electron chi connectivity index (χ0n) is 75.1. The fourth-order valence-electron chi connectivity index (χ4n) is 15.1. The third-order valence-electron chi connectivity index (χ3n) is 22.6. The van der Waals surface area contributed by atoms with Gasteiger partial charge in [0.05, 0.1) is 26.4 Å². The van der Waals surface area contributed by atoms with Crippen LogP contribution in [0.4, 0.5) is 0 Å². The predicted octanol–water partition coefficient (Wildman–Crippen LogP) is 30.0. The first-order valence-corrected chi connectivity index (χ1v) is 52.3. The van der Waals surface area contributed by atoms with Crippen molar-refractivity contribution < 1.29 is 80.2 Å². The van der Waals surface area contributed by atoms with Crippen molar-refractivity contribution in [3.8, 4) is 0 Å². The van der Waals surface area contributed by atoms with Crippen LogP contribution in [-0.4, -0.2) is 96.7 Å². The Morgan fingerprint density at radius 1 is 0.211 bits per heavy atom. The molecule has 0 heterocycles. The van der Waals surface area contributed by atoms with Gasteiger partial charge in [-0.2, -0.15) is 0 Å². The molecule has 0 saturated carbocycles. The Labute approximate surface area is 702 Å². The molecular weight excluding hydrogens is 1470 g/mol. The fourth-order valence-corrected chi connectivity index (χ4v) is 16.7. The third kappa shape index (κ3) is 87.9. The molecule has 2 unspecified atom stereocenters. The van der Waals surface area contributed by atoms with Gasteiger partial charge in [-0.3, -0.25) is 37.3 Å². The number of carbonyl (C=O) groups excluding carboxylic acids is 4. The van der Waals surface area contributed by atoms with E-state index in [4.69, 9.17) is 37.0 Å². The molecule has 0 aromatic heterocycles. The Morgan fingerprint density at radius 3 is 0.518 bits per heavy atom. The average molecular weight is 1660 g/mol. The smallest absolute Gasteiger partial charge is 0.462 e. The lowest BCUT2D eigenvalue weighted by atomic mass is 10.0. The summed E-state index contributed by atoms with van der Waals surface area (Å²) in [5.74, 6) is -2.09. The van der Waals surface area contributed by atoms with Crippen LogP contribution < -0.4 is 0 Å². The first kappa shape index (κ1) is 112. The van der Waals surface area contributed by atoms with Crippen molar-refractivity contribution in [3.05, 3.63) is 0 Å². The fraction of sp³-hybridized carbons (Fsp3) is 0.958. The zero-order chi connectivity index (χ0) is 83.1. The van der Waals surface area contributed by atoms with Crippen LogP contribution in [0, 0.1) is 0 Å². The number of hydrogen-bond donors (Lipinski definition) is 3. The quantitative estimate of drug-likeness (QED) is 0.0222. The van der Waals surface area contributed by atoms with Crippen LogP contribution in [0.5, 0.6) is 0 Å². The van der Waals surface area contributed by atoms with E-state index in [9.17, 15) is 43.2 Å². The van der Waals surface area contributed by atoms with E-state index < -0.39 is 97.5 Å². The molecule has 0 aromatic carbocycles. The molecule has 678 valence electrons. The lowest BCUT2D eigenvalue weighted by Gasteiger charge is -2.21. The predicted molar refractivity (Wildman–Crippen MR) is 474 cm³/mol. The summed E-state index contributed by atoms with van der Waals surface area (Å²) in [6.45, 7) is 5.11. The van der Waals surface area contributed by atoms with Crippen molar-refractivity contribution in [2.24, 2.45) is 0 Å². The molecule has 0 aliphatic rings. The Hall–Kier alpha value is -1.94. The molecule has 0 spiro atoms. The molecule has 19 heteroatoms. The minimum absolute atomic E-state index is 0.110. The molecule has 0 amide bonds. The number of aliphatic hydroxyl groups excluding tert-OH is 1. The van der Waals surface area contributed by atoms with Crippen molar-refractivity contribution in [2.75, 3.05) is 39.6 Å². The molecule has 0 aliphatic heterocycles. The molecular formula is C95H186O17P2. The number of phosphoric ester groups is 2. The summed E-state index contributed by atoms with van der Waals surface area (Å²) in [5.41, 5.74) is 0.